The van der Waals surface area contributed by atoms with Gasteiger partial charge in [0.1, 0.15) is 11.5 Å². The molecule has 7 heteroatoms. The van der Waals surface area contributed by atoms with E-state index in [4.69, 9.17) is 4.98 Å². The molecule has 1 aliphatic heterocycles. The normalized spacial score (nSPS) is 17.6. The van der Waals surface area contributed by atoms with Gasteiger partial charge in [-0.2, -0.15) is 5.10 Å². The molecule has 1 aromatic carbocycles. The third-order valence-corrected chi connectivity index (χ3v) is 5.88. The second-order valence-corrected chi connectivity index (χ2v) is 8.02. The fourth-order valence-electron chi connectivity index (χ4n) is 4.04. The Morgan fingerprint density at radius 1 is 1.33 bits per heavy atom. The molecule has 1 fully saturated rings. The van der Waals surface area contributed by atoms with Crippen LogP contribution in [0.4, 0.5) is 0 Å². The van der Waals surface area contributed by atoms with E-state index in [0.29, 0.717) is 12.2 Å². The van der Waals surface area contributed by atoms with Gasteiger partial charge in [0.2, 0.25) is 0 Å². The third kappa shape index (κ3) is 3.29. The van der Waals surface area contributed by atoms with Crippen LogP contribution in [0.1, 0.15) is 48.4 Å². The minimum absolute atomic E-state index is 0.0322. The summed E-state index contributed by atoms with van der Waals surface area (Å²) in [6, 6.07) is 8.31. The maximum atomic E-state index is 13.1. The Bertz CT molecular complexity index is 957. The van der Waals surface area contributed by atoms with Gasteiger partial charge in [0, 0.05) is 32.6 Å². The SMILES string of the molecule is CCCn1c(C2CCCN(C(=O)c3c(Br)cnn3C)C2)nc2ccccc21. The van der Waals surface area contributed by atoms with Crippen molar-refractivity contribution in [3.05, 3.63) is 46.5 Å². The highest BCUT2D eigenvalue weighted by Crippen LogP contribution is 2.31. The van der Waals surface area contributed by atoms with Crippen LogP contribution in [0.25, 0.3) is 11.0 Å². The molecule has 0 spiro atoms. The van der Waals surface area contributed by atoms with E-state index >= 15 is 0 Å². The van der Waals surface area contributed by atoms with Crippen molar-refractivity contribution in [3.8, 4) is 0 Å². The van der Waals surface area contributed by atoms with Crippen molar-refractivity contribution in [2.45, 2.75) is 38.6 Å². The summed E-state index contributed by atoms with van der Waals surface area (Å²) in [6.07, 6.45) is 4.78. The molecule has 6 nitrogen and oxygen atoms in total. The lowest BCUT2D eigenvalue weighted by molar-refractivity contribution is 0.0691. The van der Waals surface area contributed by atoms with Gasteiger partial charge in [-0.05, 0) is 47.3 Å². The second kappa shape index (κ2) is 7.46. The third-order valence-electron chi connectivity index (χ3n) is 5.30. The molecular weight excluding hydrogens is 406 g/mol. The number of carbonyl (C=O) groups excluding carboxylic acids is 1. The van der Waals surface area contributed by atoms with E-state index in [1.54, 1.807) is 17.9 Å². The van der Waals surface area contributed by atoms with Crippen LogP contribution in [0, 0.1) is 0 Å². The highest BCUT2D eigenvalue weighted by Gasteiger charge is 2.30. The van der Waals surface area contributed by atoms with Crippen molar-refractivity contribution < 1.29 is 4.79 Å². The highest BCUT2D eigenvalue weighted by molar-refractivity contribution is 9.10. The molecule has 1 unspecified atom stereocenters. The van der Waals surface area contributed by atoms with E-state index in [0.717, 1.165) is 48.2 Å². The maximum Gasteiger partial charge on any atom is 0.273 e. The van der Waals surface area contributed by atoms with Crippen LogP contribution in [0.15, 0.2) is 34.9 Å². The van der Waals surface area contributed by atoms with Crippen molar-refractivity contribution in [1.82, 2.24) is 24.2 Å². The number of halogens is 1. The number of nitrogens with zero attached hydrogens (tertiary/aromatic N) is 5. The van der Waals surface area contributed by atoms with E-state index in [1.165, 1.54) is 5.52 Å². The van der Waals surface area contributed by atoms with Crippen molar-refractivity contribution >= 4 is 32.9 Å². The monoisotopic (exact) mass is 429 g/mol. The average molecular weight is 430 g/mol. The van der Waals surface area contributed by atoms with E-state index in [9.17, 15) is 4.79 Å². The van der Waals surface area contributed by atoms with E-state index in [1.807, 2.05) is 11.0 Å². The first-order chi connectivity index (χ1) is 13.1. The molecular formula is C20H24BrN5O. The first-order valence-corrected chi connectivity index (χ1v) is 10.3. The number of rotatable bonds is 4. The van der Waals surface area contributed by atoms with Crippen LogP contribution < -0.4 is 0 Å². The first-order valence-electron chi connectivity index (χ1n) is 9.52. The lowest BCUT2D eigenvalue weighted by atomic mass is 9.96. The zero-order valence-electron chi connectivity index (χ0n) is 15.7. The van der Waals surface area contributed by atoms with Crippen LogP contribution in [-0.4, -0.2) is 43.2 Å². The molecule has 1 saturated heterocycles. The van der Waals surface area contributed by atoms with Gasteiger partial charge in [-0.25, -0.2) is 4.98 Å². The van der Waals surface area contributed by atoms with Crippen LogP contribution in [-0.2, 0) is 13.6 Å². The molecule has 0 aliphatic carbocycles. The topological polar surface area (TPSA) is 56.0 Å². The predicted octanol–water partition coefficient (Wildman–Crippen LogP) is 3.96. The molecule has 4 rings (SSSR count). The number of para-hydroxylation sites is 2. The van der Waals surface area contributed by atoms with Crippen LogP contribution in [0.5, 0.6) is 0 Å². The number of piperidine rings is 1. The van der Waals surface area contributed by atoms with E-state index < -0.39 is 0 Å². The zero-order chi connectivity index (χ0) is 19.0. The summed E-state index contributed by atoms with van der Waals surface area (Å²) in [6.45, 7) is 4.62. The zero-order valence-corrected chi connectivity index (χ0v) is 17.3. The van der Waals surface area contributed by atoms with Crippen molar-refractivity contribution in [3.63, 3.8) is 0 Å². The molecule has 0 N–H and O–H groups in total. The van der Waals surface area contributed by atoms with Gasteiger partial charge in [-0.1, -0.05) is 19.1 Å². The summed E-state index contributed by atoms with van der Waals surface area (Å²) in [4.78, 5) is 20.0. The molecule has 3 aromatic rings. The van der Waals surface area contributed by atoms with Gasteiger partial charge in [0.15, 0.2) is 0 Å². The Hall–Kier alpha value is -2.15. The fraction of sp³-hybridized carbons (Fsp3) is 0.450. The summed E-state index contributed by atoms with van der Waals surface area (Å²) >= 11 is 3.45. The van der Waals surface area contributed by atoms with Crippen LogP contribution in [0.2, 0.25) is 0 Å². The molecule has 0 radical (unpaired) electrons. The van der Waals surface area contributed by atoms with Gasteiger partial charge in [0.05, 0.1) is 21.7 Å². The minimum Gasteiger partial charge on any atom is -0.337 e. The molecule has 0 bridgehead atoms. The molecule has 1 aliphatic rings. The number of hydrogen-bond acceptors (Lipinski definition) is 3. The number of hydrogen-bond donors (Lipinski definition) is 0. The molecule has 1 atom stereocenters. The molecule has 1 amide bonds. The number of imidazole rings is 1. The lowest BCUT2D eigenvalue weighted by Gasteiger charge is -2.32. The summed E-state index contributed by atoms with van der Waals surface area (Å²) in [5, 5.41) is 4.18. The Balaban J connectivity index is 1.65. The minimum atomic E-state index is 0.0322. The Kier molecular flexibility index (Phi) is 5.04. The van der Waals surface area contributed by atoms with Gasteiger partial charge in [0.25, 0.3) is 5.91 Å². The van der Waals surface area contributed by atoms with Crippen molar-refractivity contribution in [2.75, 3.05) is 13.1 Å². The van der Waals surface area contributed by atoms with Gasteiger partial charge >= 0.3 is 0 Å². The fourth-order valence-corrected chi connectivity index (χ4v) is 4.56. The molecule has 2 aromatic heterocycles. The smallest absolute Gasteiger partial charge is 0.273 e. The molecule has 27 heavy (non-hydrogen) atoms. The van der Waals surface area contributed by atoms with Gasteiger partial charge in [-0.3, -0.25) is 9.48 Å². The average Bonchev–Trinajstić information content (AvgIpc) is 3.22. The maximum absolute atomic E-state index is 13.1. The predicted molar refractivity (Wildman–Crippen MR) is 109 cm³/mol. The number of benzene rings is 1. The van der Waals surface area contributed by atoms with Crippen LogP contribution in [0.3, 0.4) is 0 Å². The van der Waals surface area contributed by atoms with Crippen molar-refractivity contribution in [2.24, 2.45) is 7.05 Å². The number of fused-ring (bicyclic) bond motifs is 1. The van der Waals surface area contributed by atoms with E-state index in [-0.39, 0.29) is 11.8 Å². The molecule has 142 valence electrons. The number of aromatic nitrogens is 4. The Labute approximate surface area is 167 Å². The number of amides is 1. The lowest BCUT2D eigenvalue weighted by Crippen LogP contribution is -2.40. The Morgan fingerprint density at radius 3 is 2.89 bits per heavy atom. The van der Waals surface area contributed by atoms with Gasteiger partial charge < -0.3 is 9.47 Å². The van der Waals surface area contributed by atoms with Crippen molar-refractivity contribution in [1.29, 1.82) is 0 Å². The molecule has 3 heterocycles. The number of aryl methyl sites for hydroxylation is 2. The summed E-state index contributed by atoms with van der Waals surface area (Å²) in [5.41, 5.74) is 2.84. The molecule has 0 saturated carbocycles. The number of carbonyl (C=O) groups is 1. The summed E-state index contributed by atoms with van der Waals surface area (Å²) < 4.78 is 4.73. The Morgan fingerprint density at radius 2 is 2.15 bits per heavy atom. The summed E-state index contributed by atoms with van der Waals surface area (Å²) in [5.74, 6) is 1.40. The van der Waals surface area contributed by atoms with Crippen LogP contribution >= 0.6 is 15.9 Å². The number of likely N-dealkylation sites (tertiary alicyclic amines) is 1. The van der Waals surface area contributed by atoms with Gasteiger partial charge in [-0.15, -0.1) is 0 Å². The second-order valence-electron chi connectivity index (χ2n) is 7.17. The quantitative estimate of drug-likeness (QED) is 0.630. The standard InChI is InChI=1S/C20H24BrN5O/c1-3-10-26-17-9-5-4-8-16(17)23-19(26)14-7-6-11-25(13-14)20(27)18-15(21)12-22-24(18)2/h4-5,8-9,12,14H,3,6-7,10-11,13H2,1-2H3. The first kappa shape index (κ1) is 18.2. The highest BCUT2D eigenvalue weighted by atomic mass is 79.9. The largest absolute Gasteiger partial charge is 0.337 e. The van der Waals surface area contributed by atoms with E-state index in [2.05, 4.69) is 50.7 Å². The summed E-state index contributed by atoms with van der Waals surface area (Å²) in [7, 11) is 1.81.